The van der Waals surface area contributed by atoms with Gasteiger partial charge in [-0.25, -0.2) is 4.79 Å². The topological polar surface area (TPSA) is 92.5 Å². The van der Waals surface area contributed by atoms with E-state index in [1.165, 1.54) is 12.1 Å². The number of benzene rings is 1. The third-order valence-electron chi connectivity index (χ3n) is 4.25. The molecule has 0 aromatic heterocycles. The Hall–Kier alpha value is -2.11. The molecular formula is C14H18N2O4. The lowest BCUT2D eigenvalue weighted by atomic mass is 9.97. The van der Waals surface area contributed by atoms with Crippen LogP contribution < -0.4 is 5.32 Å². The number of nitrogens with zero attached hydrogens (tertiary/aromatic N) is 1. The average molecular weight is 278 g/mol. The molecule has 108 valence electrons. The molecule has 1 aromatic carbocycles. The van der Waals surface area contributed by atoms with E-state index in [-0.39, 0.29) is 17.3 Å². The molecule has 0 saturated heterocycles. The second-order valence-electron chi connectivity index (χ2n) is 5.46. The lowest BCUT2D eigenvalue weighted by Crippen LogP contribution is -2.24. The van der Waals surface area contributed by atoms with Crippen molar-refractivity contribution < 1.29 is 14.8 Å². The second-order valence-corrected chi connectivity index (χ2v) is 5.46. The smallest absolute Gasteiger partial charge is 0.335 e. The largest absolute Gasteiger partial charge is 0.478 e. The van der Waals surface area contributed by atoms with Crippen molar-refractivity contribution >= 4 is 17.3 Å². The first-order valence-corrected chi connectivity index (χ1v) is 6.68. The average Bonchev–Trinajstić information content (AvgIpc) is 2.70. The van der Waals surface area contributed by atoms with Crippen LogP contribution in [0.3, 0.4) is 0 Å². The van der Waals surface area contributed by atoms with Gasteiger partial charge in [0, 0.05) is 12.1 Å². The summed E-state index contributed by atoms with van der Waals surface area (Å²) >= 11 is 0. The molecule has 0 spiro atoms. The van der Waals surface area contributed by atoms with Crippen molar-refractivity contribution in [2.75, 3.05) is 5.32 Å². The van der Waals surface area contributed by atoms with Crippen molar-refractivity contribution in [3.8, 4) is 0 Å². The van der Waals surface area contributed by atoms with Gasteiger partial charge in [-0.15, -0.1) is 0 Å². The summed E-state index contributed by atoms with van der Waals surface area (Å²) < 4.78 is 0. The summed E-state index contributed by atoms with van der Waals surface area (Å²) in [5.41, 5.74) is 0.137. The Balaban J connectivity index is 2.27. The molecule has 1 fully saturated rings. The zero-order valence-corrected chi connectivity index (χ0v) is 11.5. The van der Waals surface area contributed by atoms with Crippen LogP contribution in [0.25, 0.3) is 0 Å². The van der Waals surface area contributed by atoms with E-state index in [0.717, 1.165) is 18.9 Å². The molecule has 6 heteroatoms. The normalized spacial score (nSPS) is 25.4. The van der Waals surface area contributed by atoms with Gasteiger partial charge in [-0.2, -0.15) is 0 Å². The van der Waals surface area contributed by atoms with Crippen LogP contribution in [0, 0.1) is 22.0 Å². The maximum absolute atomic E-state index is 11.1. The van der Waals surface area contributed by atoms with Gasteiger partial charge >= 0.3 is 5.97 Å². The molecule has 1 aliphatic rings. The molecule has 6 nitrogen and oxygen atoms in total. The first kappa shape index (κ1) is 14.3. The van der Waals surface area contributed by atoms with E-state index in [0.29, 0.717) is 17.5 Å². The fourth-order valence-corrected chi connectivity index (χ4v) is 2.71. The summed E-state index contributed by atoms with van der Waals surface area (Å²) in [4.78, 5) is 21.4. The van der Waals surface area contributed by atoms with Gasteiger partial charge in [0.2, 0.25) is 0 Å². The SMILES string of the molecule is CC1CCC(Nc2ccc(C(=O)O)cc2[N+](=O)[O-])C1C. The molecule has 3 unspecified atom stereocenters. The minimum absolute atomic E-state index is 0.0740. The van der Waals surface area contributed by atoms with Gasteiger partial charge in [0.1, 0.15) is 5.69 Å². The quantitative estimate of drug-likeness (QED) is 0.652. The molecule has 1 saturated carbocycles. The van der Waals surface area contributed by atoms with Gasteiger partial charge in [0.05, 0.1) is 10.5 Å². The zero-order valence-electron chi connectivity index (χ0n) is 11.5. The molecule has 20 heavy (non-hydrogen) atoms. The van der Waals surface area contributed by atoms with Crippen LogP contribution in [0.5, 0.6) is 0 Å². The van der Waals surface area contributed by atoms with Crippen molar-refractivity contribution in [2.24, 2.45) is 11.8 Å². The Morgan fingerprint density at radius 3 is 2.60 bits per heavy atom. The van der Waals surface area contributed by atoms with Gasteiger partial charge < -0.3 is 10.4 Å². The first-order chi connectivity index (χ1) is 9.40. The number of carboxylic acid groups (broad SMARTS) is 1. The predicted molar refractivity (Wildman–Crippen MR) is 75.0 cm³/mol. The Morgan fingerprint density at radius 2 is 2.10 bits per heavy atom. The summed E-state index contributed by atoms with van der Waals surface area (Å²) in [6.07, 6.45) is 2.07. The maximum atomic E-state index is 11.1. The molecule has 0 amide bonds. The van der Waals surface area contributed by atoms with Crippen LogP contribution in [-0.2, 0) is 0 Å². The zero-order chi connectivity index (χ0) is 14.9. The van der Waals surface area contributed by atoms with Crippen molar-refractivity contribution in [1.29, 1.82) is 0 Å². The van der Waals surface area contributed by atoms with Gasteiger partial charge in [0.15, 0.2) is 0 Å². The molecule has 0 aliphatic heterocycles. The molecule has 0 heterocycles. The first-order valence-electron chi connectivity index (χ1n) is 6.68. The third kappa shape index (κ3) is 2.74. The number of carboxylic acids is 1. The Morgan fingerprint density at radius 1 is 1.40 bits per heavy atom. The summed E-state index contributed by atoms with van der Waals surface area (Å²) in [5.74, 6) is -0.138. The molecule has 2 rings (SSSR count). The Bertz CT molecular complexity index is 544. The molecule has 0 radical (unpaired) electrons. The minimum Gasteiger partial charge on any atom is -0.478 e. The van der Waals surface area contributed by atoms with Crippen LogP contribution in [0.1, 0.15) is 37.0 Å². The third-order valence-corrected chi connectivity index (χ3v) is 4.25. The lowest BCUT2D eigenvalue weighted by molar-refractivity contribution is -0.384. The number of aromatic carboxylic acids is 1. The van der Waals surface area contributed by atoms with Crippen LogP contribution in [0.15, 0.2) is 18.2 Å². The number of nitro groups is 1. The van der Waals surface area contributed by atoms with Gasteiger partial charge in [-0.3, -0.25) is 10.1 Å². The van der Waals surface area contributed by atoms with Gasteiger partial charge in [-0.1, -0.05) is 13.8 Å². The number of anilines is 1. The van der Waals surface area contributed by atoms with E-state index in [1.807, 2.05) is 0 Å². The van der Waals surface area contributed by atoms with Crippen LogP contribution in [0.4, 0.5) is 11.4 Å². The van der Waals surface area contributed by atoms with Crippen molar-refractivity contribution in [2.45, 2.75) is 32.7 Å². The number of nitro benzene ring substituents is 1. The van der Waals surface area contributed by atoms with Crippen molar-refractivity contribution in [3.05, 3.63) is 33.9 Å². The van der Waals surface area contributed by atoms with E-state index >= 15 is 0 Å². The highest BCUT2D eigenvalue weighted by Gasteiger charge is 2.31. The highest BCUT2D eigenvalue weighted by Crippen LogP contribution is 2.35. The highest BCUT2D eigenvalue weighted by atomic mass is 16.6. The standard InChI is InChI=1S/C14H18N2O4/c1-8-3-5-11(9(8)2)15-12-6-4-10(14(17)18)7-13(12)16(19)20/h4,6-9,11,15H,3,5H2,1-2H3,(H,17,18). The van der Waals surface area contributed by atoms with E-state index < -0.39 is 10.9 Å². The maximum Gasteiger partial charge on any atom is 0.335 e. The van der Waals surface area contributed by atoms with E-state index in [9.17, 15) is 14.9 Å². The fraction of sp³-hybridized carbons (Fsp3) is 0.500. The number of hydrogen-bond acceptors (Lipinski definition) is 4. The number of nitrogens with one attached hydrogen (secondary N) is 1. The molecule has 0 bridgehead atoms. The number of rotatable bonds is 4. The van der Waals surface area contributed by atoms with Gasteiger partial charge in [0.25, 0.3) is 5.69 Å². The predicted octanol–water partition coefficient (Wildman–Crippen LogP) is 3.14. The van der Waals surface area contributed by atoms with Gasteiger partial charge in [-0.05, 0) is 36.8 Å². The lowest BCUT2D eigenvalue weighted by Gasteiger charge is -2.20. The number of carbonyl (C=O) groups is 1. The van der Waals surface area contributed by atoms with Crippen molar-refractivity contribution in [1.82, 2.24) is 0 Å². The van der Waals surface area contributed by atoms with Crippen LogP contribution in [0.2, 0.25) is 0 Å². The molecule has 1 aromatic rings. The monoisotopic (exact) mass is 278 g/mol. The molecular weight excluding hydrogens is 260 g/mol. The van der Waals surface area contributed by atoms with E-state index in [2.05, 4.69) is 19.2 Å². The second kappa shape index (κ2) is 5.48. The van der Waals surface area contributed by atoms with Crippen LogP contribution in [-0.4, -0.2) is 22.0 Å². The van der Waals surface area contributed by atoms with E-state index in [4.69, 9.17) is 5.11 Å². The van der Waals surface area contributed by atoms with Crippen LogP contribution >= 0.6 is 0 Å². The molecule has 1 aliphatic carbocycles. The summed E-state index contributed by atoms with van der Waals surface area (Å²) in [7, 11) is 0. The summed E-state index contributed by atoms with van der Waals surface area (Å²) in [5, 5.41) is 23.2. The fourth-order valence-electron chi connectivity index (χ4n) is 2.71. The molecule has 3 atom stereocenters. The molecule has 2 N–H and O–H groups in total. The van der Waals surface area contributed by atoms with Crippen molar-refractivity contribution in [3.63, 3.8) is 0 Å². The van der Waals surface area contributed by atoms with E-state index in [1.54, 1.807) is 0 Å². The Kier molecular flexibility index (Phi) is 3.92. The minimum atomic E-state index is -1.16. The number of hydrogen-bond donors (Lipinski definition) is 2. The Labute approximate surface area is 117 Å². The summed E-state index contributed by atoms with van der Waals surface area (Å²) in [6, 6.07) is 4.17. The highest BCUT2D eigenvalue weighted by molar-refractivity contribution is 5.89. The summed E-state index contributed by atoms with van der Waals surface area (Å²) in [6.45, 7) is 4.31.